The molecular formula is C19H11F5O3S. The third kappa shape index (κ3) is 3.57. The fourth-order valence-corrected chi connectivity index (χ4v) is 3.35. The Morgan fingerprint density at radius 1 is 0.679 bits per heavy atom. The normalized spacial score (nSPS) is 11.5. The Morgan fingerprint density at radius 3 is 1.64 bits per heavy atom. The van der Waals surface area contributed by atoms with Crippen molar-refractivity contribution in [1.82, 2.24) is 0 Å². The first-order valence-electron chi connectivity index (χ1n) is 7.75. The monoisotopic (exact) mass is 414 g/mol. The number of benzene rings is 3. The molecule has 3 nitrogen and oxygen atoms in total. The van der Waals surface area contributed by atoms with Gasteiger partial charge in [0, 0.05) is 0 Å². The first-order valence-corrected chi connectivity index (χ1v) is 9.15. The molecule has 0 aliphatic heterocycles. The minimum atomic E-state index is -4.16. The predicted octanol–water partition coefficient (Wildman–Crippen LogP) is 5.13. The lowest BCUT2D eigenvalue weighted by atomic mass is 10.0. The average Bonchev–Trinajstić information content (AvgIpc) is 2.66. The lowest BCUT2D eigenvalue weighted by molar-refractivity contribution is 0.381. The Labute approximate surface area is 157 Å². The van der Waals surface area contributed by atoms with Crippen LogP contribution in [0, 0.1) is 36.0 Å². The minimum Gasteiger partial charge on any atom is -0.379 e. The summed E-state index contributed by atoms with van der Waals surface area (Å²) in [5.41, 5.74) is -0.622. The third-order valence-electron chi connectivity index (χ3n) is 3.87. The number of rotatable bonds is 4. The molecule has 0 radical (unpaired) electrons. The molecule has 3 rings (SSSR count). The molecule has 0 bridgehead atoms. The maximum absolute atomic E-state index is 13.9. The summed E-state index contributed by atoms with van der Waals surface area (Å²) < 4.78 is 96.9. The number of hydrogen-bond donors (Lipinski definition) is 0. The molecule has 0 unspecified atom stereocenters. The second-order valence-corrected chi connectivity index (χ2v) is 7.37. The van der Waals surface area contributed by atoms with Crippen molar-refractivity contribution in [3.05, 3.63) is 83.2 Å². The highest BCUT2D eigenvalue weighted by atomic mass is 32.2. The molecule has 0 saturated heterocycles. The zero-order chi connectivity index (χ0) is 20.6. The van der Waals surface area contributed by atoms with Crippen molar-refractivity contribution in [2.24, 2.45) is 0 Å². The number of hydrogen-bond acceptors (Lipinski definition) is 3. The van der Waals surface area contributed by atoms with Crippen LogP contribution in [0.4, 0.5) is 22.0 Å². The van der Waals surface area contributed by atoms with E-state index in [-0.39, 0.29) is 16.2 Å². The van der Waals surface area contributed by atoms with Gasteiger partial charge < -0.3 is 4.18 Å². The van der Waals surface area contributed by atoms with Crippen molar-refractivity contribution in [1.29, 1.82) is 0 Å². The summed E-state index contributed by atoms with van der Waals surface area (Å²) in [6.07, 6.45) is 0. The summed E-state index contributed by atoms with van der Waals surface area (Å²) >= 11 is 0. The fourth-order valence-electron chi connectivity index (χ4n) is 2.42. The van der Waals surface area contributed by atoms with Crippen LogP contribution < -0.4 is 4.18 Å². The summed E-state index contributed by atoms with van der Waals surface area (Å²) in [4.78, 5) is -0.109. The Kier molecular flexibility index (Phi) is 5.12. The Morgan fingerprint density at radius 2 is 1.14 bits per heavy atom. The molecule has 0 heterocycles. The van der Waals surface area contributed by atoms with Crippen molar-refractivity contribution in [3.8, 4) is 16.9 Å². The standard InChI is InChI=1S/C19H11F5O3S/c1-10-2-8-13(9-3-10)28(25,26)27-12-6-4-11(5-7-12)14-15(20)17(22)19(24)18(23)16(14)21/h2-9H,1H3. The van der Waals surface area contributed by atoms with Crippen molar-refractivity contribution in [2.45, 2.75) is 11.8 Å². The van der Waals surface area contributed by atoms with Crippen LogP contribution in [-0.2, 0) is 10.1 Å². The van der Waals surface area contributed by atoms with E-state index in [4.69, 9.17) is 4.18 Å². The van der Waals surface area contributed by atoms with Crippen LogP contribution in [-0.4, -0.2) is 8.42 Å². The van der Waals surface area contributed by atoms with Gasteiger partial charge in [-0.3, -0.25) is 0 Å². The maximum Gasteiger partial charge on any atom is 0.339 e. The second-order valence-electron chi connectivity index (χ2n) is 5.82. The smallest absolute Gasteiger partial charge is 0.339 e. The van der Waals surface area contributed by atoms with Crippen LogP contribution in [0.5, 0.6) is 5.75 Å². The molecule has 0 atom stereocenters. The number of halogens is 5. The molecule has 0 amide bonds. The quantitative estimate of drug-likeness (QED) is 0.257. The molecule has 3 aromatic carbocycles. The van der Waals surface area contributed by atoms with Gasteiger partial charge in [-0.25, -0.2) is 22.0 Å². The van der Waals surface area contributed by atoms with Crippen LogP contribution in [0.2, 0.25) is 0 Å². The summed E-state index contributed by atoms with van der Waals surface area (Å²) in [6.45, 7) is 1.77. The molecule has 0 N–H and O–H groups in total. The molecule has 0 spiro atoms. The highest BCUT2D eigenvalue weighted by Crippen LogP contribution is 2.32. The highest BCUT2D eigenvalue weighted by molar-refractivity contribution is 7.87. The van der Waals surface area contributed by atoms with E-state index in [9.17, 15) is 30.4 Å². The zero-order valence-corrected chi connectivity index (χ0v) is 15.0. The predicted molar refractivity (Wildman–Crippen MR) is 90.7 cm³/mol. The van der Waals surface area contributed by atoms with Gasteiger partial charge in [0.15, 0.2) is 23.3 Å². The Hall–Kier alpha value is -2.94. The van der Waals surface area contributed by atoms with Crippen LogP contribution >= 0.6 is 0 Å². The van der Waals surface area contributed by atoms with E-state index in [1.54, 1.807) is 19.1 Å². The molecule has 0 aromatic heterocycles. The van der Waals surface area contributed by atoms with Gasteiger partial charge in [0.05, 0.1) is 5.56 Å². The Balaban J connectivity index is 1.94. The fraction of sp³-hybridized carbons (Fsp3) is 0.0526. The van der Waals surface area contributed by atoms with Crippen LogP contribution in [0.1, 0.15) is 5.56 Å². The SMILES string of the molecule is Cc1ccc(S(=O)(=O)Oc2ccc(-c3c(F)c(F)c(F)c(F)c3F)cc2)cc1. The van der Waals surface area contributed by atoms with Crippen molar-refractivity contribution in [3.63, 3.8) is 0 Å². The second kappa shape index (κ2) is 7.23. The van der Waals surface area contributed by atoms with Crippen LogP contribution in [0.15, 0.2) is 53.4 Å². The van der Waals surface area contributed by atoms with Crippen molar-refractivity contribution < 1.29 is 34.6 Å². The molecule has 146 valence electrons. The third-order valence-corrected chi connectivity index (χ3v) is 5.13. The maximum atomic E-state index is 13.9. The largest absolute Gasteiger partial charge is 0.379 e. The molecule has 0 saturated carbocycles. The van der Waals surface area contributed by atoms with Gasteiger partial charge >= 0.3 is 10.1 Å². The average molecular weight is 414 g/mol. The van der Waals surface area contributed by atoms with Crippen molar-refractivity contribution >= 4 is 10.1 Å². The highest BCUT2D eigenvalue weighted by Gasteiger charge is 2.26. The first kappa shape index (κ1) is 19.8. The number of aryl methyl sites for hydroxylation is 1. The molecule has 3 aromatic rings. The summed E-state index contributed by atoms with van der Waals surface area (Å²) in [5.74, 6) is -10.6. The molecule has 0 aliphatic carbocycles. The lowest BCUT2D eigenvalue weighted by Crippen LogP contribution is -2.09. The van der Waals surface area contributed by atoms with Crippen molar-refractivity contribution in [2.75, 3.05) is 0 Å². The van der Waals surface area contributed by atoms with E-state index in [0.29, 0.717) is 0 Å². The van der Waals surface area contributed by atoms with Gasteiger partial charge in [-0.15, -0.1) is 0 Å². The van der Waals surface area contributed by atoms with E-state index in [1.807, 2.05) is 0 Å². The van der Waals surface area contributed by atoms with Gasteiger partial charge in [0.1, 0.15) is 10.6 Å². The van der Waals surface area contributed by atoms with Gasteiger partial charge in [-0.1, -0.05) is 29.8 Å². The van der Waals surface area contributed by atoms with E-state index < -0.39 is 44.8 Å². The molecule has 9 heteroatoms. The van der Waals surface area contributed by atoms with Crippen LogP contribution in [0.25, 0.3) is 11.1 Å². The molecule has 0 aliphatic rings. The molecule has 28 heavy (non-hydrogen) atoms. The minimum absolute atomic E-state index is 0.109. The molecular weight excluding hydrogens is 403 g/mol. The van der Waals surface area contributed by atoms with Gasteiger partial charge in [0.25, 0.3) is 0 Å². The summed E-state index contributed by atoms with van der Waals surface area (Å²) in [7, 11) is -4.16. The lowest BCUT2D eigenvalue weighted by Gasteiger charge is -2.10. The summed E-state index contributed by atoms with van der Waals surface area (Å²) in [6, 6.07) is 9.88. The zero-order valence-electron chi connectivity index (χ0n) is 14.1. The first-order chi connectivity index (χ1) is 13.1. The van der Waals surface area contributed by atoms with Gasteiger partial charge in [-0.05, 0) is 36.8 Å². The Bertz CT molecular complexity index is 1110. The molecule has 0 fully saturated rings. The van der Waals surface area contributed by atoms with E-state index in [1.165, 1.54) is 12.1 Å². The summed E-state index contributed by atoms with van der Waals surface area (Å²) in [5, 5.41) is 0. The van der Waals surface area contributed by atoms with E-state index in [2.05, 4.69) is 0 Å². The van der Waals surface area contributed by atoms with Crippen LogP contribution in [0.3, 0.4) is 0 Å². The van der Waals surface area contributed by atoms with E-state index in [0.717, 1.165) is 29.8 Å². The topological polar surface area (TPSA) is 43.4 Å². The van der Waals surface area contributed by atoms with Gasteiger partial charge in [-0.2, -0.15) is 8.42 Å². The van der Waals surface area contributed by atoms with Gasteiger partial charge in [0.2, 0.25) is 5.82 Å². The van der Waals surface area contributed by atoms with E-state index >= 15 is 0 Å².